The lowest BCUT2D eigenvalue weighted by atomic mass is 10.1. The molecule has 0 atom stereocenters. The van der Waals surface area contributed by atoms with Gasteiger partial charge in [0.2, 0.25) is 0 Å². The van der Waals surface area contributed by atoms with Crippen LogP contribution in [0.25, 0.3) is 16.9 Å². The van der Waals surface area contributed by atoms with Gasteiger partial charge in [-0.1, -0.05) is 42.5 Å². The summed E-state index contributed by atoms with van der Waals surface area (Å²) in [5.41, 5.74) is 5.40. The molecule has 1 aliphatic rings. The molecule has 0 aliphatic carbocycles. The van der Waals surface area contributed by atoms with E-state index in [-0.39, 0.29) is 5.91 Å². The fourth-order valence-electron chi connectivity index (χ4n) is 4.39. The largest absolute Gasteiger partial charge is 0.372 e. The number of hydrogen-bond donors (Lipinski definition) is 0. The SMILES string of the molecule is CN(Cc1ccc(N2CCCCC2)cc1)C(=O)c1cnn2c(-c3ccccc3)ccnc12. The Bertz CT molecular complexity index is 1210. The summed E-state index contributed by atoms with van der Waals surface area (Å²) in [6, 6.07) is 20.5. The molecule has 1 amide bonds. The maximum atomic E-state index is 13.2. The zero-order chi connectivity index (χ0) is 21.9. The molecule has 32 heavy (non-hydrogen) atoms. The first-order chi connectivity index (χ1) is 15.7. The van der Waals surface area contributed by atoms with E-state index in [1.807, 2.05) is 43.4 Å². The first kappa shape index (κ1) is 20.2. The van der Waals surface area contributed by atoms with Gasteiger partial charge in [0.25, 0.3) is 5.91 Å². The quantitative estimate of drug-likeness (QED) is 0.467. The number of nitrogens with zero attached hydrogens (tertiary/aromatic N) is 5. The fraction of sp³-hybridized carbons (Fsp3) is 0.269. The first-order valence-corrected chi connectivity index (χ1v) is 11.2. The molecule has 3 heterocycles. The van der Waals surface area contributed by atoms with Crippen molar-refractivity contribution in [3.8, 4) is 11.3 Å². The minimum Gasteiger partial charge on any atom is -0.372 e. The maximum absolute atomic E-state index is 13.2. The van der Waals surface area contributed by atoms with E-state index in [2.05, 4.69) is 39.2 Å². The fourth-order valence-corrected chi connectivity index (χ4v) is 4.39. The minimum atomic E-state index is -0.0854. The zero-order valence-corrected chi connectivity index (χ0v) is 18.3. The van der Waals surface area contributed by atoms with Gasteiger partial charge in [-0.25, -0.2) is 9.50 Å². The third-order valence-electron chi connectivity index (χ3n) is 6.13. The molecule has 5 rings (SSSR count). The molecule has 0 bridgehead atoms. The Morgan fingerprint density at radius 1 is 0.969 bits per heavy atom. The topological polar surface area (TPSA) is 53.7 Å². The average Bonchev–Trinajstić information content (AvgIpc) is 3.29. The molecule has 0 saturated carbocycles. The van der Waals surface area contributed by atoms with Crippen molar-refractivity contribution >= 4 is 17.2 Å². The van der Waals surface area contributed by atoms with Gasteiger partial charge in [-0.05, 0) is 43.0 Å². The highest BCUT2D eigenvalue weighted by Gasteiger charge is 2.20. The maximum Gasteiger partial charge on any atom is 0.259 e. The molecule has 2 aromatic heterocycles. The number of carbonyl (C=O) groups excluding carboxylic acids is 1. The Morgan fingerprint density at radius 3 is 2.47 bits per heavy atom. The van der Waals surface area contributed by atoms with E-state index in [4.69, 9.17) is 0 Å². The van der Waals surface area contributed by atoms with Gasteiger partial charge in [0.15, 0.2) is 5.65 Å². The lowest BCUT2D eigenvalue weighted by molar-refractivity contribution is 0.0787. The summed E-state index contributed by atoms with van der Waals surface area (Å²) in [5.74, 6) is -0.0854. The van der Waals surface area contributed by atoms with Crippen molar-refractivity contribution in [2.24, 2.45) is 0 Å². The van der Waals surface area contributed by atoms with Crippen molar-refractivity contribution in [2.75, 3.05) is 25.0 Å². The second-order valence-corrected chi connectivity index (χ2v) is 8.37. The molecule has 0 spiro atoms. The van der Waals surface area contributed by atoms with Gasteiger partial charge in [0.05, 0.1) is 11.9 Å². The minimum absolute atomic E-state index is 0.0854. The predicted octanol–water partition coefficient (Wildman–Crippen LogP) is 4.66. The summed E-state index contributed by atoms with van der Waals surface area (Å²) in [6.07, 6.45) is 7.20. The van der Waals surface area contributed by atoms with Crippen LogP contribution in [0.3, 0.4) is 0 Å². The van der Waals surface area contributed by atoms with Crippen LogP contribution in [0.15, 0.2) is 73.1 Å². The number of anilines is 1. The molecule has 6 heteroatoms. The van der Waals surface area contributed by atoms with E-state index in [0.717, 1.165) is 29.9 Å². The van der Waals surface area contributed by atoms with Gasteiger partial charge in [-0.2, -0.15) is 5.10 Å². The summed E-state index contributed by atoms with van der Waals surface area (Å²) >= 11 is 0. The highest BCUT2D eigenvalue weighted by molar-refractivity contribution is 5.99. The van der Waals surface area contributed by atoms with Gasteiger partial charge in [0, 0.05) is 44.1 Å². The Kier molecular flexibility index (Phi) is 5.58. The molecule has 4 aromatic rings. The van der Waals surface area contributed by atoms with Gasteiger partial charge < -0.3 is 9.80 Å². The molecule has 162 valence electrons. The van der Waals surface area contributed by atoms with Crippen molar-refractivity contribution in [1.29, 1.82) is 0 Å². The number of fused-ring (bicyclic) bond motifs is 1. The Hall–Kier alpha value is -3.67. The van der Waals surface area contributed by atoms with Gasteiger partial charge >= 0.3 is 0 Å². The van der Waals surface area contributed by atoms with Crippen LogP contribution in [0.5, 0.6) is 0 Å². The van der Waals surface area contributed by atoms with E-state index in [1.54, 1.807) is 21.8 Å². The van der Waals surface area contributed by atoms with Crippen molar-refractivity contribution < 1.29 is 4.79 Å². The van der Waals surface area contributed by atoms with Crippen LogP contribution in [0, 0.1) is 0 Å². The summed E-state index contributed by atoms with van der Waals surface area (Å²) in [4.78, 5) is 21.8. The highest BCUT2D eigenvalue weighted by Crippen LogP contribution is 2.23. The van der Waals surface area contributed by atoms with Crippen molar-refractivity contribution in [3.05, 3.63) is 84.2 Å². The Morgan fingerprint density at radius 2 is 1.72 bits per heavy atom. The first-order valence-electron chi connectivity index (χ1n) is 11.2. The second-order valence-electron chi connectivity index (χ2n) is 8.37. The number of hydrogen-bond acceptors (Lipinski definition) is 4. The van der Waals surface area contributed by atoms with Gasteiger partial charge in [-0.15, -0.1) is 0 Å². The molecular weight excluding hydrogens is 398 g/mol. The van der Waals surface area contributed by atoms with Gasteiger partial charge in [-0.3, -0.25) is 4.79 Å². The van der Waals surface area contributed by atoms with Gasteiger partial charge in [0.1, 0.15) is 5.56 Å². The summed E-state index contributed by atoms with van der Waals surface area (Å²) < 4.78 is 1.74. The van der Waals surface area contributed by atoms with Crippen LogP contribution in [0.1, 0.15) is 35.2 Å². The molecule has 0 N–H and O–H groups in total. The molecule has 2 aromatic carbocycles. The van der Waals surface area contributed by atoms with E-state index in [9.17, 15) is 4.79 Å². The molecule has 0 radical (unpaired) electrons. The molecule has 1 fully saturated rings. The van der Waals surface area contributed by atoms with Crippen molar-refractivity contribution in [3.63, 3.8) is 0 Å². The molecule has 1 saturated heterocycles. The van der Waals surface area contributed by atoms with E-state index >= 15 is 0 Å². The average molecular weight is 426 g/mol. The van der Waals surface area contributed by atoms with Crippen LogP contribution in [0.2, 0.25) is 0 Å². The van der Waals surface area contributed by atoms with Crippen LogP contribution in [-0.4, -0.2) is 45.5 Å². The van der Waals surface area contributed by atoms with Crippen LogP contribution in [-0.2, 0) is 6.54 Å². The lowest BCUT2D eigenvalue weighted by Gasteiger charge is -2.29. The van der Waals surface area contributed by atoms with Crippen LogP contribution >= 0.6 is 0 Å². The summed E-state index contributed by atoms with van der Waals surface area (Å²) in [7, 11) is 1.82. The van der Waals surface area contributed by atoms with E-state index in [0.29, 0.717) is 17.8 Å². The number of benzene rings is 2. The van der Waals surface area contributed by atoms with Crippen LogP contribution < -0.4 is 4.90 Å². The van der Waals surface area contributed by atoms with Crippen molar-refractivity contribution in [1.82, 2.24) is 19.5 Å². The number of amides is 1. The number of rotatable bonds is 5. The third kappa shape index (κ3) is 3.96. The number of aromatic nitrogens is 3. The normalized spacial score (nSPS) is 14.0. The molecule has 6 nitrogen and oxygen atoms in total. The molecule has 0 unspecified atom stereocenters. The lowest BCUT2D eigenvalue weighted by Crippen LogP contribution is -2.29. The number of carbonyl (C=O) groups is 1. The molecule has 1 aliphatic heterocycles. The predicted molar refractivity (Wildman–Crippen MR) is 127 cm³/mol. The van der Waals surface area contributed by atoms with Crippen molar-refractivity contribution in [2.45, 2.75) is 25.8 Å². The summed E-state index contributed by atoms with van der Waals surface area (Å²) in [5, 5.41) is 4.47. The smallest absolute Gasteiger partial charge is 0.259 e. The Balaban J connectivity index is 1.34. The molecular formula is C26H27N5O. The Labute approximate surface area is 188 Å². The second kappa shape index (κ2) is 8.83. The van der Waals surface area contributed by atoms with E-state index in [1.165, 1.54) is 24.9 Å². The van der Waals surface area contributed by atoms with E-state index < -0.39 is 0 Å². The van der Waals surface area contributed by atoms with Crippen LogP contribution in [0.4, 0.5) is 5.69 Å². The highest BCUT2D eigenvalue weighted by atomic mass is 16.2. The number of piperidine rings is 1. The third-order valence-corrected chi connectivity index (χ3v) is 6.13. The zero-order valence-electron chi connectivity index (χ0n) is 18.3. The standard InChI is InChI=1S/C26H27N5O/c1-29(19-20-10-12-22(13-11-20)30-16-6-3-7-17-30)26(32)23-18-28-31-24(14-15-27-25(23)31)21-8-4-2-5-9-21/h2,4-5,8-15,18H,3,6-7,16-17,19H2,1H3. The monoisotopic (exact) mass is 425 g/mol. The summed E-state index contributed by atoms with van der Waals surface area (Å²) in [6.45, 7) is 2.80.